The molecule has 0 fully saturated rings. The predicted octanol–water partition coefficient (Wildman–Crippen LogP) is 3.92. The first-order valence-electron chi connectivity index (χ1n) is 6.96. The summed E-state index contributed by atoms with van der Waals surface area (Å²) in [6.07, 6.45) is 1.08. The van der Waals surface area contributed by atoms with Gasteiger partial charge in [-0.15, -0.1) is 0 Å². The van der Waals surface area contributed by atoms with Crippen LogP contribution in [0.3, 0.4) is 0 Å². The first-order valence-corrected chi connectivity index (χ1v) is 10.4. The van der Waals surface area contributed by atoms with E-state index >= 15 is 0 Å². The molecule has 0 heterocycles. The van der Waals surface area contributed by atoms with Gasteiger partial charge in [0.25, 0.3) is 0 Å². The second-order valence-corrected chi connectivity index (χ2v) is 8.94. The third-order valence-electron chi connectivity index (χ3n) is 3.25. The van der Waals surface area contributed by atoms with Crippen LogP contribution in [0.4, 0.5) is 11.4 Å². The molecule has 2 aromatic rings. The molecule has 1 N–H and O–H groups in total. The average molecular weight is 476 g/mol. The largest absolute Gasteiger partial charge is 0.325 e. The van der Waals surface area contributed by atoms with E-state index in [0.717, 1.165) is 25.1 Å². The smallest absolute Gasteiger partial charge is 0.245 e. The highest BCUT2D eigenvalue weighted by molar-refractivity contribution is 9.10. The summed E-state index contributed by atoms with van der Waals surface area (Å²) in [5, 5.41) is 2.69. The number of hydrogen-bond acceptors (Lipinski definition) is 3. The first kappa shape index (κ1) is 19.0. The molecule has 128 valence electrons. The van der Waals surface area contributed by atoms with Gasteiger partial charge in [-0.2, -0.15) is 0 Å². The maximum atomic E-state index is 12.2. The SMILES string of the molecule is Cc1cc(N(CC(=O)Nc2ccc(Br)cc2)S(C)(=O)=O)ccc1Br. The highest BCUT2D eigenvalue weighted by Crippen LogP contribution is 2.24. The lowest BCUT2D eigenvalue weighted by molar-refractivity contribution is -0.114. The minimum atomic E-state index is -3.59. The lowest BCUT2D eigenvalue weighted by Gasteiger charge is -2.22. The average Bonchev–Trinajstić information content (AvgIpc) is 2.49. The minimum absolute atomic E-state index is 0.296. The van der Waals surface area contributed by atoms with Crippen LogP contribution < -0.4 is 9.62 Å². The second-order valence-electron chi connectivity index (χ2n) is 5.26. The quantitative estimate of drug-likeness (QED) is 0.712. The molecule has 1 amide bonds. The lowest BCUT2D eigenvalue weighted by Crippen LogP contribution is -2.37. The molecule has 0 atom stereocenters. The highest BCUT2D eigenvalue weighted by Gasteiger charge is 2.21. The van der Waals surface area contributed by atoms with Crippen LogP contribution in [0.2, 0.25) is 0 Å². The zero-order valence-electron chi connectivity index (χ0n) is 13.1. The summed E-state index contributed by atoms with van der Waals surface area (Å²) in [6, 6.07) is 12.2. The maximum Gasteiger partial charge on any atom is 0.245 e. The molecular formula is C16H16Br2N2O3S. The molecule has 24 heavy (non-hydrogen) atoms. The first-order chi connectivity index (χ1) is 11.2. The van der Waals surface area contributed by atoms with Gasteiger partial charge in [0.05, 0.1) is 11.9 Å². The molecule has 8 heteroatoms. The van der Waals surface area contributed by atoms with E-state index in [0.29, 0.717) is 11.4 Å². The Hall–Kier alpha value is -1.38. The van der Waals surface area contributed by atoms with E-state index < -0.39 is 15.9 Å². The van der Waals surface area contributed by atoms with Crippen molar-refractivity contribution in [2.75, 3.05) is 22.4 Å². The van der Waals surface area contributed by atoms with Crippen molar-refractivity contribution in [3.8, 4) is 0 Å². The van der Waals surface area contributed by atoms with Crippen molar-refractivity contribution in [1.82, 2.24) is 0 Å². The van der Waals surface area contributed by atoms with Crippen LogP contribution in [0.1, 0.15) is 5.56 Å². The number of anilines is 2. The van der Waals surface area contributed by atoms with Gasteiger partial charge < -0.3 is 5.32 Å². The Balaban J connectivity index is 2.21. The lowest BCUT2D eigenvalue weighted by atomic mass is 10.2. The van der Waals surface area contributed by atoms with Crippen LogP contribution >= 0.6 is 31.9 Å². The van der Waals surface area contributed by atoms with E-state index in [2.05, 4.69) is 37.2 Å². The number of halogens is 2. The van der Waals surface area contributed by atoms with Crippen molar-refractivity contribution in [1.29, 1.82) is 0 Å². The third kappa shape index (κ3) is 5.06. The summed E-state index contributed by atoms with van der Waals surface area (Å²) in [7, 11) is -3.59. The number of carbonyl (C=O) groups is 1. The van der Waals surface area contributed by atoms with Crippen LogP contribution in [-0.4, -0.2) is 27.1 Å². The van der Waals surface area contributed by atoms with Gasteiger partial charge in [0.15, 0.2) is 0 Å². The number of nitrogens with zero attached hydrogens (tertiary/aromatic N) is 1. The number of amides is 1. The van der Waals surface area contributed by atoms with Crippen molar-refractivity contribution in [3.63, 3.8) is 0 Å². The fourth-order valence-electron chi connectivity index (χ4n) is 2.05. The van der Waals surface area contributed by atoms with Gasteiger partial charge in [-0.05, 0) is 55.0 Å². The minimum Gasteiger partial charge on any atom is -0.325 e. The van der Waals surface area contributed by atoms with E-state index in [1.165, 1.54) is 0 Å². The number of benzene rings is 2. The molecule has 0 saturated heterocycles. The predicted molar refractivity (Wildman–Crippen MR) is 104 cm³/mol. The molecule has 0 aromatic heterocycles. The molecule has 0 unspecified atom stereocenters. The molecule has 0 aliphatic carbocycles. The van der Waals surface area contributed by atoms with E-state index in [1.54, 1.807) is 42.5 Å². The fraction of sp³-hybridized carbons (Fsp3) is 0.188. The van der Waals surface area contributed by atoms with Crippen LogP contribution in [0.25, 0.3) is 0 Å². The standard InChI is InChI=1S/C16H16Br2N2O3S/c1-11-9-14(7-8-15(11)18)20(24(2,22)23)10-16(21)19-13-5-3-12(17)4-6-13/h3-9H,10H2,1-2H3,(H,19,21). The van der Waals surface area contributed by atoms with Crippen molar-refractivity contribution in [2.24, 2.45) is 0 Å². The van der Waals surface area contributed by atoms with Gasteiger partial charge in [-0.3, -0.25) is 9.10 Å². The maximum absolute atomic E-state index is 12.2. The fourth-order valence-corrected chi connectivity index (χ4v) is 3.41. The molecule has 0 saturated carbocycles. The Bertz CT molecular complexity index is 852. The second kappa shape index (κ2) is 7.67. The summed E-state index contributed by atoms with van der Waals surface area (Å²) < 4.78 is 27.0. The Labute approximate surface area is 158 Å². The van der Waals surface area contributed by atoms with Crippen molar-refractivity contribution in [2.45, 2.75) is 6.92 Å². The number of aryl methyl sites for hydroxylation is 1. The van der Waals surface area contributed by atoms with E-state index in [9.17, 15) is 13.2 Å². The van der Waals surface area contributed by atoms with Gasteiger partial charge in [-0.1, -0.05) is 31.9 Å². The molecular weight excluding hydrogens is 460 g/mol. The van der Waals surface area contributed by atoms with Gasteiger partial charge in [-0.25, -0.2) is 8.42 Å². The van der Waals surface area contributed by atoms with E-state index in [1.807, 2.05) is 6.92 Å². The van der Waals surface area contributed by atoms with Crippen molar-refractivity contribution in [3.05, 3.63) is 57.0 Å². The summed E-state index contributed by atoms with van der Waals surface area (Å²) >= 11 is 6.70. The zero-order chi connectivity index (χ0) is 17.9. The number of carbonyl (C=O) groups excluding carboxylic acids is 1. The zero-order valence-corrected chi connectivity index (χ0v) is 17.1. The van der Waals surface area contributed by atoms with Crippen molar-refractivity contribution >= 4 is 59.2 Å². The van der Waals surface area contributed by atoms with Crippen LogP contribution in [0, 0.1) is 6.92 Å². The number of hydrogen-bond donors (Lipinski definition) is 1. The molecule has 0 aliphatic rings. The highest BCUT2D eigenvalue weighted by atomic mass is 79.9. The van der Waals surface area contributed by atoms with Gasteiger partial charge in [0.1, 0.15) is 6.54 Å². The van der Waals surface area contributed by atoms with Gasteiger partial charge >= 0.3 is 0 Å². The summed E-state index contributed by atoms with van der Waals surface area (Å²) in [4.78, 5) is 12.2. The Kier molecular flexibility index (Phi) is 6.06. The summed E-state index contributed by atoms with van der Waals surface area (Å²) in [5.74, 6) is -0.414. The molecule has 5 nitrogen and oxygen atoms in total. The van der Waals surface area contributed by atoms with Gasteiger partial charge in [0.2, 0.25) is 15.9 Å². The Morgan fingerprint density at radius 3 is 2.29 bits per heavy atom. The molecule has 0 bridgehead atoms. The van der Waals surface area contributed by atoms with Gasteiger partial charge in [0, 0.05) is 14.6 Å². The Morgan fingerprint density at radius 1 is 1.12 bits per heavy atom. The van der Waals surface area contributed by atoms with E-state index in [4.69, 9.17) is 0 Å². The number of sulfonamides is 1. The molecule has 0 spiro atoms. The summed E-state index contributed by atoms with van der Waals surface area (Å²) in [6.45, 7) is 1.56. The molecule has 0 radical (unpaired) electrons. The molecule has 2 rings (SSSR count). The topological polar surface area (TPSA) is 66.5 Å². The monoisotopic (exact) mass is 474 g/mol. The normalized spacial score (nSPS) is 11.2. The number of nitrogens with one attached hydrogen (secondary N) is 1. The van der Waals surface area contributed by atoms with Crippen LogP contribution in [-0.2, 0) is 14.8 Å². The van der Waals surface area contributed by atoms with Crippen LogP contribution in [0.5, 0.6) is 0 Å². The third-order valence-corrected chi connectivity index (χ3v) is 5.80. The van der Waals surface area contributed by atoms with E-state index in [-0.39, 0.29) is 6.54 Å². The Morgan fingerprint density at radius 2 is 1.75 bits per heavy atom. The molecule has 2 aromatic carbocycles. The van der Waals surface area contributed by atoms with Crippen LogP contribution in [0.15, 0.2) is 51.4 Å². The summed E-state index contributed by atoms with van der Waals surface area (Å²) in [5.41, 5.74) is 1.93. The molecule has 0 aliphatic heterocycles. The number of rotatable bonds is 5. The van der Waals surface area contributed by atoms with Crippen molar-refractivity contribution < 1.29 is 13.2 Å².